The number of rotatable bonds is 9. The lowest BCUT2D eigenvalue weighted by Crippen LogP contribution is -2.36. The van der Waals surface area contributed by atoms with Gasteiger partial charge in [-0.25, -0.2) is 8.42 Å². The van der Waals surface area contributed by atoms with Gasteiger partial charge in [0, 0.05) is 38.3 Å². The number of hydrogen-bond donors (Lipinski definition) is 1. The van der Waals surface area contributed by atoms with Crippen LogP contribution in [0.1, 0.15) is 17.8 Å². The predicted octanol–water partition coefficient (Wildman–Crippen LogP) is 4.57. The molecule has 1 aliphatic rings. The first kappa shape index (κ1) is 27.1. The lowest BCUT2D eigenvalue weighted by atomic mass is 10.2. The third-order valence-corrected chi connectivity index (χ3v) is 9.92. The molecular formula is C21H20ClIN2O6S4. The second-order valence-electron chi connectivity index (χ2n) is 7.81. The summed E-state index contributed by atoms with van der Waals surface area (Å²) in [5, 5.41) is 2.26. The fourth-order valence-electron chi connectivity index (χ4n) is 3.73. The Kier molecular flexibility index (Phi) is 8.37. The van der Waals surface area contributed by atoms with Crippen LogP contribution in [0.4, 0.5) is 5.69 Å². The predicted molar refractivity (Wildman–Crippen MR) is 148 cm³/mol. The molecule has 0 aliphatic carbocycles. The van der Waals surface area contributed by atoms with Crippen LogP contribution in [0, 0.1) is 3.57 Å². The maximum Gasteiger partial charge on any atom is 0.265 e. The van der Waals surface area contributed by atoms with Crippen LogP contribution in [0.5, 0.6) is 0 Å². The van der Waals surface area contributed by atoms with Gasteiger partial charge in [-0.2, -0.15) is 13.0 Å². The molecule has 0 saturated carbocycles. The molecule has 1 aromatic heterocycles. The molecule has 1 N–H and O–H groups in total. The standard InChI is InChI=1S/C21H20ClIN2O6S4/c22-14-3-5-18-16(11-14)24(7-1-9-34(26,27)28)20(32-18)13-21-25(8-2-10-35(29,30)31)17-12-15(23)4-6-19(17)33-21/h3-6,11-13H,1-2,7-10H2,(H-,26,27,28,29,30,31). The molecule has 188 valence electrons. The van der Waals surface area contributed by atoms with Gasteiger partial charge in [0.25, 0.3) is 15.1 Å². The van der Waals surface area contributed by atoms with Crippen LogP contribution in [0.3, 0.4) is 0 Å². The highest BCUT2D eigenvalue weighted by Crippen LogP contribution is 2.47. The normalized spacial score (nSPS) is 15.3. The van der Waals surface area contributed by atoms with E-state index in [0.29, 0.717) is 18.1 Å². The summed E-state index contributed by atoms with van der Waals surface area (Å²) < 4.78 is 69.2. The highest BCUT2D eigenvalue weighted by atomic mass is 127. The van der Waals surface area contributed by atoms with Crippen molar-refractivity contribution in [3.8, 4) is 0 Å². The van der Waals surface area contributed by atoms with Crippen LogP contribution in [0.25, 0.3) is 16.3 Å². The number of thiazole rings is 1. The summed E-state index contributed by atoms with van der Waals surface area (Å²) in [5.74, 6) is -0.805. The van der Waals surface area contributed by atoms with Crippen molar-refractivity contribution in [1.82, 2.24) is 0 Å². The summed E-state index contributed by atoms with van der Waals surface area (Å²) in [6.45, 7) is 0.704. The van der Waals surface area contributed by atoms with Crippen molar-refractivity contribution in [2.24, 2.45) is 0 Å². The van der Waals surface area contributed by atoms with E-state index in [2.05, 4.69) is 22.6 Å². The van der Waals surface area contributed by atoms with Crippen molar-refractivity contribution in [3.63, 3.8) is 0 Å². The molecule has 0 radical (unpaired) electrons. The van der Waals surface area contributed by atoms with Crippen molar-refractivity contribution in [2.75, 3.05) is 23.0 Å². The molecule has 3 aromatic rings. The first-order valence-electron chi connectivity index (χ1n) is 10.4. The molecule has 0 bridgehead atoms. The average molecular weight is 687 g/mol. The monoisotopic (exact) mass is 686 g/mol. The van der Waals surface area contributed by atoms with E-state index in [4.69, 9.17) is 16.2 Å². The van der Waals surface area contributed by atoms with Gasteiger partial charge in [0.15, 0.2) is 6.54 Å². The second-order valence-corrected chi connectivity index (χ2v) is 14.7. The Balaban J connectivity index is 1.73. The quantitative estimate of drug-likeness (QED) is 0.198. The molecule has 0 atom stereocenters. The topological polar surface area (TPSA) is 119 Å². The van der Waals surface area contributed by atoms with Crippen molar-refractivity contribution >= 4 is 99.5 Å². The maximum absolute atomic E-state index is 11.3. The number of aryl methyl sites for hydroxylation is 1. The lowest BCUT2D eigenvalue weighted by molar-refractivity contribution is -0.668. The molecule has 0 fully saturated rings. The van der Waals surface area contributed by atoms with Crippen molar-refractivity contribution in [2.45, 2.75) is 24.3 Å². The molecule has 0 amide bonds. The van der Waals surface area contributed by atoms with Gasteiger partial charge in [-0.15, -0.1) is 0 Å². The van der Waals surface area contributed by atoms with Crippen LogP contribution in [0.2, 0.25) is 5.02 Å². The molecule has 0 unspecified atom stereocenters. The van der Waals surface area contributed by atoms with Crippen LogP contribution in [0.15, 0.2) is 46.3 Å². The van der Waals surface area contributed by atoms with Gasteiger partial charge in [0.2, 0.25) is 5.52 Å². The zero-order valence-electron chi connectivity index (χ0n) is 18.1. The number of hydrogen-bond acceptors (Lipinski definition) is 8. The van der Waals surface area contributed by atoms with Gasteiger partial charge in [0.05, 0.1) is 32.7 Å². The number of nitrogens with zero attached hydrogens (tertiary/aromatic N) is 2. The van der Waals surface area contributed by atoms with Gasteiger partial charge in [-0.05, 0) is 59.3 Å². The first-order valence-corrected chi connectivity index (χ1v) is 16.6. The lowest BCUT2D eigenvalue weighted by Gasteiger charge is -2.20. The van der Waals surface area contributed by atoms with E-state index in [1.165, 1.54) is 11.8 Å². The summed E-state index contributed by atoms with van der Waals surface area (Å²) in [6, 6.07) is 11.5. The molecule has 1 aliphatic heterocycles. The fraction of sp³-hybridized carbons (Fsp3) is 0.286. The third kappa shape index (κ3) is 7.09. The first-order chi connectivity index (χ1) is 16.4. The highest BCUT2D eigenvalue weighted by Gasteiger charge is 2.28. The average Bonchev–Trinajstić information content (AvgIpc) is 3.24. The van der Waals surface area contributed by atoms with Gasteiger partial charge >= 0.3 is 0 Å². The summed E-state index contributed by atoms with van der Waals surface area (Å²) in [4.78, 5) is 2.91. The van der Waals surface area contributed by atoms with E-state index in [-0.39, 0.29) is 18.6 Å². The van der Waals surface area contributed by atoms with E-state index >= 15 is 0 Å². The molecule has 2 aromatic carbocycles. The number of aromatic nitrogens is 1. The molecule has 2 heterocycles. The van der Waals surface area contributed by atoms with Gasteiger partial charge in [-0.3, -0.25) is 4.55 Å². The molecule has 4 rings (SSSR count). The Morgan fingerprint density at radius 3 is 2.60 bits per heavy atom. The van der Waals surface area contributed by atoms with E-state index < -0.39 is 26.0 Å². The Morgan fingerprint density at radius 1 is 1.11 bits per heavy atom. The SMILES string of the molecule is O=S(=O)([O-])CCCN1/C(=C/c2sc3ccc(I)cc3[n+]2CCCS(=O)(=O)O)Sc2ccc(Cl)cc21. The van der Waals surface area contributed by atoms with E-state index in [9.17, 15) is 21.4 Å². The fourth-order valence-corrected chi connectivity index (χ4v) is 7.64. The van der Waals surface area contributed by atoms with Crippen molar-refractivity contribution < 1.29 is 30.5 Å². The largest absolute Gasteiger partial charge is 0.748 e. The highest BCUT2D eigenvalue weighted by molar-refractivity contribution is 14.1. The zero-order chi connectivity index (χ0) is 25.4. The Labute approximate surface area is 230 Å². The number of fused-ring (bicyclic) bond motifs is 2. The van der Waals surface area contributed by atoms with E-state index in [1.807, 2.05) is 45.9 Å². The number of anilines is 1. The number of halogens is 2. The maximum atomic E-state index is 11.3. The minimum absolute atomic E-state index is 0.161. The minimum atomic E-state index is -4.33. The van der Waals surface area contributed by atoms with Crippen LogP contribution >= 0.6 is 57.3 Å². The number of benzene rings is 2. The zero-order valence-corrected chi connectivity index (χ0v) is 24.2. The molecule has 35 heavy (non-hydrogen) atoms. The van der Waals surface area contributed by atoms with E-state index in [0.717, 1.165) is 34.4 Å². The van der Waals surface area contributed by atoms with Crippen molar-refractivity contribution in [1.29, 1.82) is 0 Å². The Bertz CT molecular complexity index is 1520. The molecule has 0 spiro atoms. The van der Waals surface area contributed by atoms with Crippen LogP contribution in [-0.4, -0.2) is 44.0 Å². The number of thioether (sulfide) groups is 1. The van der Waals surface area contributed by atoms with Gasteiger partial charge in [-0.1, -0.05) is 34.7 Å². The van der Waals surface area contributed by atoms with Crippen LogP contribution < -0.4 is 9.47 Å². The molecule has 0 saturated heterocycles. The van der Waals surface area contributed by atoms with E-state index in [1.54, 1.807) is 17.4 Å². The molecule has 14 heteroatoms. The second kappa shape index (κ2) is 10.8. The summed E-state index contributed by atoms with van der Waals surface area (Å²) in [7, 11) is -8.40. The summed E-state index contributed by atoms with van der Waals surface area (Å²) in [5.41, 5.74) is 1.79. The summed E-state index contributed by atoms with van der Waals surface area (Å²) >= 11 is 11.5. The Morgan fingerprint density at radius 2 is 1.89 bits per heavy atom. The molecular weight excluding hydrogens is 667 g/mol. The minimum Gasteiger partial charge on any atom is -0.748 e. The molecule has 8 nitrogen and oxygen atoms in total. The summed E-state index contributed by atoms with van der Waals surface area (Å²) in [6.07, 6.45) is 2.38. The Hall–Kier alpha value is -0.940. The van der Waals surface area contributed by atoms with Crippen molar-refractivity contribution in [3.05, 3.63) is 55.0 Å². The van der Waals surface area contributed by atoms with Gasteiger partial charge in [0.1, 0.15) is 4.70 Å². The van der Waals surface area contributed by atoms with Crippen LogP contribution in [-0.2, 0) is 26.8 Å². The third-order valence-electron chi connectivity index (χ3n) is 5.19. The smallest absolute Gasteiger partial charge is 0.265 e. The van der Waals surface area contributed by atoms with Gasteiger partial charge < -0.3 is 9.45 Å².